The number of aromatic nitrogens is 3. The van der Waals surface area contributed by atoms with Gasteiger partial charge in [-0.2, -0.15) is 0 Å². The largest absolute Gasteiger partial charge is 0.497 e. The quantitative estimate of drug-likeness (QED) is 0.520. The molecular formula is C23H19FN4O4. The van der Waals surface area contributed by atoms with Crippen LogP contribution in [0.5, 0.6) is 5.75 Å². The first-order valence-electron chi connectivity index (χ1n) is 9.68. The average molecular weight is 434 g/mol. The van der Waals surface area contributed by atoms with Crippen LogP contribution in [0.4, 0.5) is 4.39 Å². The van der Waals surface area contributed by atoms with Crippen molar-refractivity contribution < 1.29 is 13.9 Å². The van der Waals surface area contributed by atoms with E-state index in [1.807, 2.05) is 0 Å². The van der Waals surface area contributed by atoms with E-state index in [9.17, 15) is 18.8 Å². The van der Waals surface area contributed by atoms with Crippen molar-refractivity contribution in [3.8, 4) is 11.4 Å². The number of ether oxygens (including phenoxy) is 1. The normalized spacial score (nSPS) is 10.8. The Labute approximate surface area is 181 Å². The van der Waals surface area contributed by atoms with Crippen LogP contribution < -0.4 is 21.3 Å². The van der Waals surface area contributed by atoms with Gasteiger partial charge in [-0.1, -0.05) is 12.1 Å². The van der Waals surface area contributed by atoms with Gasteiger partial charge in [-0.25, -0.2) is 18.7 Å². The third kappa shape index (κ3) is 3.87. The zero-order valence-corrected chi connectivity index (χ0v) is 17.3. The van der Waals surface area contributed by atoms with Crippen molar-refractivity contribution in [1.82, 2.24) is 19.4 Å². The number of fused-ring (bicyclic) bond motifs is 1. The molecule has 0 atom stereocenters. The zero-order chi connectivity index (χ0) is 22.8. The summed E-state index contributed by atoms with van der Waals surface area (Å²) in [7, 11) is 2.90. The smallest absolute Gasteiger partial charge is 0.337 e. The third-order valence-corrected chi connectivity index (χ3v) is 5.05. The predicted octanol–water partition coefficient (Wildman–Crippen LogP) is 2.16. The molecule has 8 nitrogen and oxygen atoms in total. The van der Waals surface area contributed by atoms with Gasteiger partial charge in [0.1, 0.15) is 11.6 Å². The Morgan fingerprint density at radius 2 is 1.78 bits per heavy atom. The lowest BCUT2D eigenvalue weighted by Crippen LogP contribution is -2.38. The highest BCUT2D eigenvalue weighted by Gasteiger charge is 2.16. The molecule has 1 N–H and O–H groups in total. The molecule has 0 bridgehead atoms. The number of hydrogen-bond acceptors (Lipinski definition) is 5. The van der Waals surface area contributed by atoms with Gasteiger partial charge in [-0.3, -0.25) is 14.2 Å². The van der Waals surface area contributed by atoms with Crippen LogP contribution in [0.2, 0.25) is 0 Å². The SMILES string of the molecule is COc1ccc(-n2c(=O)n(C)c(=O)c3cc(C(=O)NCc4ccc(F)cc4)cnc32)cc1. The van der Waals surface area contributed by atoms with Crippen molar-refractivity contribution in [1.29, 1.82) is 0 Å². The fourth-order valence-electron chi connectivity index (χ4n) is 3.28. The molecule has 2 aromatic carbocycles. The summed E-state index contributed by atoms with van der Waals surface area (Å²) >= 11 is 0. The van der Waals surface area contributed by atoms with Gasteiger partial charge in [0.25, 0.3) is 11.5 Å². The summed E-state index contributed by atoms with van der Waals surface area (Å²) in [5, 5.41) is 2.83. The van der Waals surface area contributed by atoms with Gasteiger partial charge in [-0.05, 0) is 48.0 Å². The van der Waals surface area contributed by atoms with Crippen molar-refractivity contribution in [3.05, 3.63) is 98.6 Å². The minimum absolute atomic E-state index is 0.123. The Morgan fingerprint density at radius 3 is 2.44 bits per heavy atom. The van der Waals surface area contributed by atoms with E-state index in [2.05, 4.69) is 10.3 Å². The van der Waals surface area contributed by atoms with Crippen LogP contribution in [0.15, 0.2) is 70.4 Å². The summed E-state index contributed by atoms with van der Waals surface area (Å²) in [4.78, 5) is 42.4. The van der Waals surface area contributed by atoms with Crippen molar-refractivity contribution in [2.75, 3.05) is 7.11 Å². The van der Waals surface area contributed by atoms with Gasteiger partial charge >= 0.3 is 5.69 Å². The molecule has 0 fully saturated rings. The number of carbonyl (C=O) groups excluding carboxylic acids is 1. The number of rotatable bonds is 5. The van der Waals surface area contributed by atoms with Gasteiger partial charge < -0.3 is 10.1 Å². The van der Waals surface area contributed by atoms with E-state index in [4.69, 9.17) is 4.74 Å². The lowest BCUT2D eigenvalue weighted by molar-refractivity contribution is 0.0950. The van der Waals surface area contributed by atoms with Crippen LogP contribution >= 0.6 is 0 Å². The van der Waals surface area contributed by atoms with Crippen LogP contribution in [0.25, 0.3) is 16.7 Å². The number of nitrogens with zero attached hydrogens (tertiary/aromatic N) is 3. The highest BCUT2D eigenvalue weighted by Crippen LogP contribution is 2.17. The Morgan fingerprint density at radius 1 is 1.09 bits per heavy atom. The van der Waals surface area contributed by atoms with Crippen molar-refractivity contribution >= 4 is 16.9 Å². The number of methoxy groups -OCH3 is 1. The number of benzene rings is 2. The van der Waals surface area contributed by atoms with Crippen molar-refractivity contribution in [2.45, 2.75) is 6.54 Å². The first kappa shape index (κ1) is 21.0. The molecule has 0 aliphatic heterocycles. The molecule has 0 aliphatic rings. The summed E-state index contributed by atoms with van der Waals surface area (Å²) in [5.41, 5.74) is 0.397. The van der Waals surface area contributed by atoms with E-state index in [0.29, 0.717) is 11.4 Å². The van der Waals surface area contributed by atoms with Crippen LogP contribution in [0, 0.1) is 5.82 Å². The van der Waals surface area contributed by atoms with Crippen LogP contribution in [-0.2, 0) is 13.6 Å². The predicted molar refractivity (Wildman–Crippen MR) is 117 cm³/mol. The summed E-state index contributed by atoms with van der Waals surface area (Å²) < 4.78 is 20.4. The van der Waals surface area contributed by atoms with E-state index in [1.165, 1.54) is 43.1 Å². The second kappa shape index (κ2) is 8.46. The van der Waals surface area contributed by atoms with Gasteiger partial charge in [0.05, 0.1) is 23.7 Å². The second-order valence-electron chi connectivity index (χ2n) is 7.08. The van der Waals surface area contributed by atoms with E-state index >= 15 is 0 Å². The number of amides is 1. The summed E-state index contributed by atoms with van der Waals surface area (Å²) in [6, 6.07) is 13.9. The molecular weight excluding hydrogens is 415 g/mol. The lowest BCUT2D eigenvalue weighted by Gasteiger charge is -2.12. The average Bonchev–Trinajstić information content (AvgIpc) is 2.82. The molecule has 4 rings (SSSR count). The molecule has 0 saturated heterocycles. The van der Waals surface area contributed by atoms with Crippen molar-refractivity contribution in [2.24, 2.45) is 7.05 Å². The van der Waals surface area contributed by atoms with Gasteiger partial charge in [0.2, 0.25) is 0 Å². The first-order chi connectivity index (χ1) is 15.4. The number of halogens is 1. The molecule has 1 amide bonds. The summed E-state index contributed by atoms with van der Waals surface area (Å²) in [6.45, 7) is 0.181. The number of carbonyl (C=O) groups is 1. The minimum Gasteiger partial charge on any atom is -0.497 e. The number of pyridine rings is 1. The topological polar surface area (TPSA) is 95.2 Å². The molecule has 2 aromatic heterocycles. The third-order valence-electron chi connectivity index (χ3n) is 5.05. The summed E-state index contributed by atoms with van der Waals surface area (Å²) in [5.74, 6) is -0.200. The Hall–Kier alpha value is -4.27. The fraction of sp³-hybridized carbons (Fsp3) is 0.130. The molecule has 0 saturated carbocycles. The molecule has 0 aliphatic carbocycles. The molecule has 162 valence electrons. The maximum atomic E-state index is 13.0. The Balaban J connectivity index is 1.73. The van der Waals surface area contributed by atoms with E-state index in [0.717, 1.165) is 10.1 Å². The van der Waals surface area contributed by atoms with Crippen LogP contribution in [0.1, 0.15) is 15.9 Å². The lowest BCUT2D eigenvalue weighted by atomic mass is 10.2. The zero-order valence-electron chi connectivity index (χ0n) is 17.3. The standard InChI is InChI=1S/C23H19FN4O4/c1-27-22(30)19-11-15(21(29)26-12-14-3-5-16(24)6-4-14)13-25-20(19)28(23(27)31)17-7-9-18(32-2)10-8-17/h3-11,13H,12H2,1-2H3,(H,26,29). The van der Waals surface area contributed by atoms with Crippen LogP contribution in [-0.4, -0.2) is 27.1 Å². The first-order valence-corrected chi connectivity index (χ1v) is 9.68. The van der Waals surface area contributed by atoms with Gasteiger partial charge in [0, 0.05) is 19.8 Å². The van der Waals surface area contributed by atoms with Crippen molar-refractivity contribution in [3.63, 3.8) is 0 Å². The highest BCUT2D eigenvalue weighted by atomic mass is 19.1. The summed E-state index contributed by atoms with van der Waals surface area (Å²) in [6.07, 6.45) is 1.31. The number of nitrogens with one attached hydrogen (secondary N) is 1. The molecule has 32 heavy (non-hydrogen) atoms. The number of hydrogen-bond donors (Lipinski definition) is 1. The molecule has 0 unspecified atom stereocenters. The van der Waals surface area contributed by atoms with E-state index in [-0.39, 0.29) is 29.0 Å². The van der Waals surface area contributed by atoms with Gasteiger partial charge in [-0.15, -0.1) is 0 Å². The molecule has 0 spiro atoms. The Bertz CT molecular complexity index is 1420. The highest BCUT2D eigenvalue weighted by molar-refractivity contribution is 5.96. The van der Waals surface area contributed by atoms with E-state index < -0.39 is 17.2 Å². The molecule has 2 heterocycles. The molecule has 4 aromatic rings. The van der Waals surface area contributed by atoms with Gasteiger partial charge in [0.15, 0.2) is 5.65 Å². The Kier molecular flexibility index (Phi) is 5.55. The second-order valence-corrected chi connectivity index (χ2v) is 7.08. The molecule has 9 heteroatoms. The van der Waals surface area contributed by atoms with Crippen LogP contribution in [0.3, 0.4) is 0 Å². The maximum Gasteiger partial charge on any atom is 0.337 e. The van der Waals surface area contributed by atoms with E-state index in [1.54, 1.807) is 36.4 Å². The maximum absolute atomic E-state index is 13.0. The minimum atomic E-state index is -0.561. The molecule has 0 radical (unpaired) electrons. The monoisotopic (exact) mass is 434 g/mol. The fourth-order valence-corrected chi connectivity index (χ4v) is 3.28.